The minimum Gasteiger partial charge on any atom is -0.252 e. The van der Waals surface area contributed by atoms with Gasteiger partial charge in [-0.15, -0.1) is 0 Å². The van der Waals surface area contributed by atoms with Gasteiger partial charge in [0.25, 0.3) is 0 Å². The van der Waals surface area contributed by atoms with Crippen molar-refractivity contribution in [3.63, 3.8) is 0 Å². The predicted octanol–water partition coefficient (Wildman–Crippen LogP) is 15.9. The van der Waals surface area contributed by atoms with E-state index in [1.54, 1.807) is 29.5 Å². The minimum absolute atomic E-state index is 0.691. The summed E-state index contributed by atoms with van der Waals surface area (Å²) in [4.78, 5) is 10.3. The molecule has 0 atom stereocenters. The van der Waals surface area contributed by atoms with Crippen LogP contribution in [0.15, 0.2) is 164 Å². The van der Waals surface area contributed by atoms with Crippen LogP contribution in [0, 0.1) is 0 Å². The third kappa shape index (κ3) is 12.5. The second kappa shape index (κ2) is 20.7. The number of hydrogen-bond acceptors (Lipinski definition) is 2. The van der Waals surface area contributed by atoms with Crippen LogP contribution in [0.25, 0.3) is 32.3 Å². The van der Waals surface area contributed by atoms with Crippen LogP contribution in [0.4, 0.5) is 105 Å². The van der Waals surface area contributed by atoms with Crippen molar-refractivity contribution in [3.8, 4) is 5.75 Å². The Kier molecular flexibility index (Phi) is 15.1. The Morgan fingerprint density at radius 2 is 0.561 bits per heavy atom. The van der Waals surface area contributed by atoms with E-state index in [-0.39, 0.29) is 0 Å². The van der Waals surface area contributed by atoms with Gasteiger partial charge in [0.15, 0.2) is 0 Å². The lowest BCUT2D eigenvalue weighted by Gasteiger charge is -2.46. The van der Waals surface area contributed by atoms with Gasteiger partial charge in [-0.25, -0.2) is 4.84 Å². The molecule has 0 aliphatic rings. The van der Waals surface area contributed by atoms with Gasteiger partial charge >= 0.3 is 49.4 Å². The monoisotopic (exact) mass is 1190 g/mol. The quantitative estimate of drug-likeness (QED) is 0.0718. The highest BCUT2D eigenvalue weighted by Gasteiger charge is 2.47. The molecule has 82 heavy (non-hydrogen) atoms. The van der Waals surface area contributed by atoms with Gasteiger partial charge in [-0.05, 0) is 64.0 Å². The zero-order chi connectivity index (χ0) is 60.6. The van der Waals surface area contributed by atoms with E-state index in [0.717, 1.165) is 21.9 Å². The number of aromatic nitrogens is 2. The standard InChI is InChI=1S/C32H12BF24.C22H15N2O/c34-25(35,36)13-1-14(26(37,38)39)6-21(5-13)33(22-7-15(27(40,41)42)2-16(8-22)28(43,44)45,23-9-17(29(46,47)48)3-18(10-23)30(49,50)51)24-11-19(31(52,53)54)4-20(12-24)32(55,56)57;1-2-6-17-15-21-19(13-16(17)5-1)14-18-7-3-4-8-20(18)22(21)25-24-11-9-23-10-12-24/h1-12H;1-15H/q-1;+1. The van der Waals surface area contributed by atoms with Gasteiger partial charge in [0.2, 0.25) is 18.1 Å². The molecule has 1 heterocycles. The molecule has 3 nitrogen and oxygen atoms in total. The summed E-state index contributed by atoms with van der Waals surface area (Å²) >= 11 is 0. The van der Waals surface area contributed by atoms with E-state index in [4.69, 9.17) is 4.84 Å². The van der Waals surface area contributed by atoms with Crippen molar-refractivity contribution in [2.75, 3.05) is 0 Å². The Hall–Kier alpha value is -8.20. The summed E-state index contributed by atoms with van der Waals surface area (Å²) in [6, 6.07) is 14.6. The fraction of sp³-hybridized carbons (Fsp3) is 0.148. The number of halogens is 24. The lowest BCUT2D eigenvalue weighted by Crippen LogP contribution is -2.75. The Morgan fingerprint density at radius 3 is 0.866 bits per heavy atom. The van der Waals surface area contributed by atoms with E-state index in [1.807, 2.05) is 6.07 Å². The van der Waals surface area contributed by atoms with E-state index in [9.17, 15) is 105 Å². The lowest BCUT2D eigenvalue weighted by atomic mass is 9.12. The average molecular weight is 1190 g/mol. The van der Waals surface area contributed by atoms with Gasteiger partial charge < -0.3 is 0 Å². The molecular weight excluding hydrogens is 1160 g/mol. The third-order valence-corrected chi connectivity index (χ3v) is 12.9. The van der Waals surface area contributed by atoms with Gasteiger partial charge in [0.1, 0.15) is 6.15 Å². The first-order valence-corrected chi connectivity index (χ1v) is 22.8. The van der Waals surface area contributed by atoms with Crippen LogP contribution in [0.2, 0.25) is 0 Å². The zero-order valence-electron chi connectivity index (χ0n) is 40.0. The summed E-state index contributed by atoms with van der Waals surface area (Å²) < 4.78 is 343. The van der Waals surface area contributed by atoms with Crippen LogP contribution in [0.1, 0.15) is 44.5 Å². The Balaban J connectivity index is 0.000000288. The SMILES string of the molecule is FC(F)(F)c1cc([B-](c2cc(C(F)(F)F)cc(C(F)(F)F)c2)(c2cc(C(F)(F)F)cc(C(F)(F)F)c2)c2cc(C(F)(F)F)cc(C(F)(F)F)c2)cc(C(F)(F)F)c1.c1ccc2cc3c(O[n+]4ccncc4)c4ccccc4cc3cc2c1. The van der Waals surface area contributed by atoms with Crippen molar-refractivity contribution in [2.45, 2.75) is 49.4 Å². The molecule has 1 aromatic heterocycles. The molecule has 0 bridgehead atoms. The first-order valence-electron chi connectivity index (χ1n) is 22.8. The summed E-state index contributed by atoms with van der Waals surface area (Å²) in [5.74, 6) is 0.857. The van der Waals surface area contributed by atoms with Crippen LogP contribution < -0.4 is 31.4 Å². The van der Waals surface area contributed by atoms with Gasteiger partial charge in [-0.3, -0.25) is 4.98 Å². The molecule has 28 heteroatoms. The number of fused-ring (bicyclic) bond motifs is 3. The molecule has 0 N–H and O–H groups in total. The second-order valence-electron chi connectivity index (χ2n) is 18.3. The number of alkyl halides is 24. The summed E-state index contributed by atoms with van der Waals surface area (Å²) in [6.07, 6.45) is -47.8. The Morgan fingerprint density at radius 1 is 0.293 bits per heavy atom. The average Bonchev–Trinajstić information content (AvgIpc) is 3.57. The molecule has 8 aromatic carbocycles. The summed E-state index contributed by atoms with van der Waals surface area (Å²) in [5.41, 5.74) is -30.2. The molecule has 0 fully saturated rings. The fourth-order valence-electron chi connectivity index (χ4n) is 9.36. The van der Waals surface area contributed by atoms with Crippen LogP contribution in [-0.2, 0) is 49.4 Å². The molecule has 430 valence electrons. The second-order valence-corrected chi connectivity index (χ2v) is 18.3. The highest BCUT2D eigenvalue weighted by Crippen LogP contribution is 2.42. The highest BCUT2D eigenvalue weighted by molar-refractivity contribution is 7.20. The van der Waals surface area contributed by atoms with Crippen molar-refractivity contribution in [1.82, 2.24) is 4.98 Å². The molecule has 0 radical (unpaired) electrons. The highest BCUT2D eigenvalue weighted by atomic mass is 19.4. The largest absolute Gasteiger partial charge is 0.416 e. The maximum absolute atomic E-state index is 14.2. The van der Waals surface area contributed by atoms with Crippen molar-refractivity contribution in [2.24, 2.45) is 0 Å². The summed E-state index contributed by atoms with van der Waals surface area (Å²) in [5, 5.41) is 6.95. The topological polar surface area (TPSA) is 26.0 Å². The lowest BCUT2D eigenvalue weighted by molar-refractivity contribution is -0.874. The maximum Gasteiger partial charge on any atom is 0.416 e. The smallest absolute Gasteiger partial charge is 0.252 e. The molecule has 0 saturated carbocycles. The van der Waals surface area contributed by atoms with Crippen LogP contribution in [0.3, 0.4) is 0 Å². The first-order chi connectivity index (χ1) is 37.6. The number of rotatable bonds is 6. The normalized spacial score (nSPS) is 13.4. The summed E-state index contributed by atoms with van der Waals surface area (Å²) in [7, 11) is 0. The van der Waals surface area contributed by atoms with Crippen LogP contribution in [0.5, 0.6) is 5.75 Å². The van der Waals surface area contributed by atoms with Crippen molar-refractivity contribution in [1.29, 1.82) is 0 Å². The van der Waals surface area contributed by atoms with E-state index in [2.05, 4.69) is 65.6 Å². The number of hydrogen-bond donors (Lipinski definition) is 0. The van der Waals surface area contributed by atoms with Crippen LogP contribution >= 0.6 is 0 Å². The third-order valence-electron chi connectivity index (χ3n) is 12.9. The van der Waals surface area contributed by atoms with Crippen molar-refractivity contribution in [3.05, 3.63) is 209 Å². The van der Waals surface area contributed by atoms with Crippen molar-refractivity contribution < 1.29 is 115 Å². The molecule has 0 aliphatic carbocycles. The molecule has 0 spiro atoms. The molecule has 0 amide bonds. The summed E-state index contributed by atoms with van der Waals surface area (Å²) in [6.45, 7) is 0. The van der Waals surface area contributed by atoms with E-state index < -0.39 is 195 Å². The Bertz CT molecular complexity index is 3410. The number of nitrogens with zero attached hydrogens (tertiary/aromatic N) is 2. The number of benzene rings is 8. The van der Waals surface area contributed by atoms with Gasteiger partial charge in [0, 0.05) is 15.5 Å². The zero-order valence-corrected chi connectivity index (χ0v) is 40.0. The molecule has 0 aliphatic heterocycles. The van der Waals surface area contributed by atoms with Gasteiger partial charge in [-0.2, -0.15) is 127 Å². The molecule has 9 rings (SSSR count). The molecule has 0 saturated heterocycles. The Labute approximate surface area is 443 Å². The maximum atomic E-state index is 14.2. The molecular formula is C54H27BF24N2O. The van der Waals surface area contributed by atoms with Crippen molar-refractivity contribution >= 4 is 60.3 Å². The fourth-order valence-corrected chi connectivity index (χ4v) is 9.36. The first kappa shape index (κ1) is 59.9. The predicted molar refractivity (Wildman–Crippen MR) is 249 cm³/mol. The van der Waals surface area contributed by atoms with Crippen LogP contribution in [-0.4, -0.2) is 11.1 Å². The molecule has 0 unspecified atom stereocenters. The van der Waals surface area contributed by atoms with E-state index >= 15 is 0 Å². The minimum atomic E-state index is -6.13. The van der Waals surface area contributed by atoms with Gasteiger partial charge in [0.05, 0.1) is 56.9 Å². The molecule has 9 aromatic rings. The van der Waals surface area contributed by atoms with E-state index in [0.29, 0.717) is 0 Å². The van der Waals surface area contributed by atoms with Gasteiger partial charge in [-0.1, -0.05) is 97.1 Å². The van der Waals surface area contributed by atoms with E-state index in [1.165, 1.54) is 16.2 Å².